The van der Waals surface area contributed by atoms with Crippen molar-refractivity contribution in [1.82, 2.24) is 9.36 Å². The van der Waals surface area contributed by atoms with Gasteiger partial charge in [0.1, 0.15) is 0 Å². The second-order valence-electron chi connectivity index (χ2n) is 4.03. The highest BCUT2D eigenvalue weighted by atomic mass is 32.1. The first kappa shape index (κ1) is 14.7. The van der Waals surface area contributed by atoms with E-state index in [0.29, 0.717) is 18.1 Å². The third-order valence-electron chi connectivity index (χ3n) is 2.53. The van der Waals surface area contributed by atoms with Gasteiger partial charge in [-0.1, -0.05) is 30.3 Å². The van der Waals surface area contributed by atoms with Gasteiger partial charge in [-0.25, -0.2) is 0 Å². The number of hydrogen-bond acceptors (Lipinski definition) is 5. The van der Waals surface area contributed by atoms with E-state index in [2.05, 4.69) is 9.36 Å². The Hall–Kier alpha value is -1.67. The van der Waals surface area contributed by atoms with Crippen molar-refractivity contribution in [2.45, 2.75) is 12.7 Å². The van der Waals surface area contributed by atoms with Crippen LogP contribution in [0.4, 0.5) is 18.3 Å². The van der Waals surface area contributed by atoms with E-state index in [4.69, 9.17) is 5.11 Å². The monoisotopic (exact) mass is 303 g/mol. The molecule has 0 saturated heterocycles. The molecule has 8 heteroatoms. The van der Waals surface area contributed by atoms with Crippen LogP contribution in [0, 0.1) is 0 Å². The standard InChI is InChI=1S/C12H12F3N3OS/c13-12(14,15)10-16-11(20-17-10)18(6-7-19)8-9-4-2-1-3-5-9/h1-5,19H,6-8H2. The summed E-state index contributed by atoms with van der Waals surface area (Å²) in [7, 11) is 0. The number of rotatable bonds is 5. The minimum absolute atomic E-state index is 0.148. The van der Waals surface area contributed by atoms with E-state index >= 15 is 0 Å². The average Bonchev–Trinajstić information content (AvgIpc) is 2.89. The molecular weight excluding hydrogens is 291 g/mol. The molecule has 0 unspecified atom stereocenters. The quantitative estimate of drug-likeness (QED) is 0.922. The first-order chi connectivity index (χ1) is 9.50. The number of hydrogen-bond donors (Lipinski definition) is 1. The molecule has 1 heterocycles. The van der Waals surface area contributed by atoms with Crippen LogP contribution in [-0.4, -0.2) is 27.6 Å². The van der Waals surface area contributed by atoms with Gasteiger partial charge in [-0.15, -0.1) is 0 Å². The predicted molar refractivity (Wildman–Crippen MR) is 69.5 cm³/mol. The van der Waals surface area contributed by atoms with Crippen LogP contribution in [0.2, 0.25) is 0 Å². The summed E-state index contributed by atoms with van der Waals surface area (Å²) in [5.41, 5.74) is 0.921. The predicted octanol–water partition coefficient (Wildman–Crippen LogP) is 2.56. The number of benzene rings is 1. The van der Waals surface area contributed by atoms with Gasteiger partial charge < -0.3 is 10.0 Å². The number of alkyl halides is 3. The van der Waals surface area contributed by atoms with Crippen molar-refractivity contribution in [3.8, 4) is 0 Å². The van der Waals surface area contributed by atoms with Crippen molar-refractivity contribution in [2.24, 2.45) is 0 Å². The second-order valence-corrected chi connectivity index (χ2v) is 4.76. The Morgan fingerprint density at radius 1 is 1.20 bits per heavy atom. The largest absolute Gasteiger partial charge is 0.452 e. The summed E-state index contributed by atoms with van der Waals surface area (Å²) in [5.74, 6) is -1.14. The summed E-state index contributed by atoms with van der Waals surface area (Å²) in [5, 5.41) is 9.18. The molecule has 0 saturated carbocycles. The zero-order chi connectivity index (χ0) is 14.6. The van der Waals surface area contributed by atoms with Crippen molar-refractivity contribution >= 4 is 16.7 Å². The fourth-order valence-electron chi connectivity index (χ4n) is 1.63. The lowest BCUT2D eigenvalue weighted by molar-refractivity contribution is -0.144. The van der Waals surface area contributed by atoms with Gasteiger partial charge >= 0.3 is 6.18 Å². The van der Waals surface area contributed by atoms with Gasteiger partial charge in [0.15, 0.2) is 0 Å². The minimum Gasteiger partial charge on any atom is -0.395 e. The lowest BCUT2D eigenvalue weighted by Crippen LogP contribution is -2.26. The van der Waals surface area contributed by atoms with Crippen molar-refractivity contribution in [3.05, 3.63) is 41.7 Å². The average molecular weight is 303 g/mol. The number of aliphatic hydroxyl groups is 1. The van der Waals surface area contributed by atoms with E-state index < -0.39 is 12.0 Å². The van der Waals surface area contributed by atoms with Crippen molar-refractivity contribution in [2.75, 3.05) is 18.1 Å². The van der Waals surface area contributed by atoms with Crippen LogP contribution >= 0.6 is 11.5 Å². The summed E-state index contributed by atoms with van der Waals surface area (Å²) in [6, 6.07) is 9.25. The summed E-state index contributed by atoms with van der Waals surface area (Å²) >= 11 is 0.677. The molecule has 2 aromatic rings. The number of anilines is 1. The number of aromatic nitrogens is 2. The van der Waals surface area contributed by atoms with Crippen molar-refractivity contribution < 1.29 is 18.3 Å². The van der Waals surface area contributed by atoms with Gasteiger partial charge in [0.25, 0.3) is 0 Å². The Labute approximate surface area is 117 Å². The third-order valence-corrected chi connectivity index (χ3v) is 3.30. The molecule has 2 rings (SSSR count). The summed E-state index contributed by atoms with van der Waals surface area (Å²) in [6.07, 6.45) is -4.55. The van der Waals surface area contributed by atoms with Crippen molar-refractivity contribution in [1.29, 1.82) is 0 Å². The molecule has 0 spiro atoms. The smallest absolute Gasteiger partial charge is 0.395 e. The maximum atomic E-state index is 12.5. The Bertz CT molecular complexity index is 544. The minimum atomic E-state index is -4.55. The van der Waals surface area contributed by atoms with Gasteiger partial charge in [0, 0.05) is 24.6 Å². The number of halogens is 3. The molecule has 0 aliphatic heterocycles. The zero-order valence-corrected chi connectivity index (χ0v) is 11.2. The molecule has 1 N–H and O–H groups in total. The van der Waals surface area contributed by atoms with Crippen molar-refractivity contribution in [3.63, 3.8) is 0 Å². The summed E-state index contributed by atoms with van der Waals surface area (Å²) in [4.78, 5) is 5.07. The molecule has 0 aliphatic carbocycles. The van der Waals surface area contributed by atoms with Gasteiger partial charge in [-0.05, 0) is 5.56 Å². The molecule has 4 nitrogen and oxygen atoms in total. The Morgan fingerprint density at radius 3 is 2.45 bits per heavy atom. The summed E-state index contributed by atoms with van der Waals surface area (Å²) < 4.78 is 40.8. The van der Waals surface area contributed by atoms with E-state index in [0.717, 1.165) is 5.56 Å². The molecule has 0 aliphatic rings. The van der Waals surface area contributed by atoms with E-state index in [1.807, 2.05) is 30.3 Å². The summed E-state index contributed by atoms with van der Waals surface area (Å²) in [6.45, 7) is 0.392. The van der Waals surface area contributed by atoms with Crippen LogP contribution in [0.1, 0.15) is 11.4 Å². The first-order valence-electron chi connectivity index (χ1n) is 5.81. The fraction of sp³-hybridized carbons (Fsp3) is 0.333. The fourth-order valence-corrected chi connectivity index (χ4v) is 2.34. The van der Waals surface area contributed by atoms with Crippen LogP contribution in [0.15, 0.2) is 30.3 Å². The molecule has 0 radical (unpaired) electrons. The molecule has 0 atom stereocenters. The normalized spacial score (nSPS) is 11.6. The van der Waals surface area contributed by atoms with E-state index in [1.54, 1.807) is 4.90 Å². The van der Waals surface area contributed by atoms with Gasteiger partial charge in [0.2, 0.25) is 11.0 Å². The Balaban J connectivity index is 2.18. The number of nitrogens with zero attached hydrogens (tertiary/aromatic N) is 3. The van der Waals surface area contributed by atoms with Gasteiger partial charge in [-0.2, -0.15) is 22.5 Å². The molecule has 1 aromatic heterocycles. The Morgan fingerprint density at radius 2 is 1.90 bits per heavy atom. The van der Waals surface area contributed by atoms with E-state index in [1.165, 1.54) is 0 Å². The molecule has 0 amide bonds. The first-order valence-corrected chi connectivity index (χ1v) is 6.58. The van der Waals surface area contributed by atoms with Crippen LogP contribution in [0.5, 0.6) is 0 Å². The topological polar surface area (TPSA) is 49.2 Å². The molecular formula is C12H12F3N3OS. The second kappa shape index (κ2) is 6.19. The lowest BCUT2D eigenvalue weighted by Gasteiger charge is -2.20. The Kier molecular flexibility index (Phi) is 4.56. The van der Waals surface area contributed by atoms with Crippen LogP contribution in [-0.2, 0) is 12.7 Å². The maximum Gasteiger partial charge on any atom is 0.452 e. The van der Waals surface area contributed by atoms with Crippen LogP contribution in [0.25, 0.3) is 0 Å². The molecule has 1 aromatic carbocycles. The SMILES string of the molecule is OCCN(Cc1ccccc1)c1nc(C(F)(F)F)ns1. The molecule has 0 bridgehead atoms. The molecule has 0 fully saturated rings. The van der Waals surface area contributed by atoms with Crippen LogP contribution < -0.4 is 4.90 Å². The zero-order valence-electron chi connectivity index (χ0n) is 10.3. The van der Waals surface area contributed by atoms with Gasteiger partial charge in [-0.3, -0.25) is 0 Å². The van der Waals surface area contributed by atoms with E-state index in [-0.39, 0.29) is 18.3 Å². The van der Waals surface area contributed by atoms with Crippen LogP contribution in [0.3, 0.4) is 0 Å². The maximum absolute atomic E-state index is 12.5. The number of aliphatic hydroxyl groups excluding tert-OH is 1. The highest BCUT2D eigenvalue weighted by Gasteiger charge is 2.36. The highest BCUT2D eigenvalue weighted by molar-refractivity contribution is 7.09. The molecule has 108 valence electrons. The van der Waals surface area contributed by atoms with E-state index in [9.17, 15) is 13.2 Å². The van der Waals surface area contributed by atoms with Gasteiger partial charge in [0.05, 0.1) is 6.61 Å². The molecule has 20 heavy (non-hydrogen) atoms. The lowest BCUT2D eigenvalue weighted by atomic mass is 10.2. The highest BCUT2D eigenvalue weighted by Crippen LogP contribution is 2.30. The third kappa shape index (κ3) is 3.67.